The fourth-order valence-electron chi connectivity index (χ4n) is 2.45. The molecule has 1 atom stereocenters. The minimum atomic E-state index is 0.0484. The van der Waals surface area contributed by atoms with Gasteiger partial charge in [0.15, 0.2) is 5.82 Å². The van der Waals surface area contributed by atoms with Gasteiger partial charge < -0.3 is 10.2 Å². The Balaban J connectivity index is 1.84. The lowest BCUT2D eigenvalue weighted by Gasteiger charge is -2.25. The van der Waals surface area contributed by atoms with E-state index in [4.69, 9.17) is 10.6 Å². The molecular formula is C14H16N4O. The number of aromatic nitrogens is 2. The van der Waals surface area contributed by atoms with Crippen LogP contribution in [0.15, 0.2) is 36.7 Å². The van der Waals surface area contributed by atoms with E-state index in [1.165, 1.54) is 11.1 Å². The van der Waals surface area contributed by atoms with E-state index in [1.807, 2.05) is 6.07 Å². The third-order valence-electron chi connectivity index (χ3n) is 3.34. The number of fused-ring (bicyclic) bond motifs is 1. The van der Waals surface area contributed by atoms with Crippen LogP contribution < -0.4 is 16.0 Å². The lowest BCUT2D eigenvalue weighted by atomic mass is 9.89. The number of aryl methyl sites for hydroxylation is 1. The number of nitrogen functional groups attached to an aromatic ring is 1. The summed E-state index contributed by atoms with van der Waals surface area (Å²) in [6.07, 6.45) is 6.46. The first-order chi connectivity index (χ1) is 9.36. The smallest absolute Gasteiger partial charge is 0.234 e. The van der Waals surface area contributed by atoms with Gasteiger partial charge in [0.25, 0.3) is 0 Å². The standard InChI is InChI=1S/C14H16N4O/c15-18-13-8-16-9-14(17-13)19-12-7-3-5-10-4-1-2-6-11(10)12/h1-2,4,6,8-9,12H,3,5,7,15H2,(H,17,18). The molecule has 5 heteroatoms. The number of hydrogen-bond donors (Lipinski definition) is 2. The summed E-state index contributed by atoms with van der Waals surface area (Å²) >= 11 is 0. The number of nitrogens with two attached hydrogens (primary N) is 1. The fourth-order valence-corrected chi connectivity index (χ4v) is 2.45. The van der Waals surface area contributed by atoms with Crippen molar-refractivity contribution in [1.29, 1.82) is 0 Å². The molecule has 3 N–H and O–H groups in total. The minimum Gasteiger partial charge on any atom is -0.468 e. The van der Waals surface area contributed by atoms with Crippen LogP contribution in [-0.4, -0.2) is 9.97 Å². The summed E-state index contributed by atoms with van der Waals surface area (Å²) < 4.78 is 5.96. The Bertz CT molecular complexity index is 573. The normalized spacial score (nSPS) is 17.6. The molecule has 3 rings (SSSR count). The lowest BCUT2D eigenvalue weighted by Crippen LogP contribution is -2.16. The highest BCUT2D eigenvalue weighted by atomic mass is 16.5. The van der Waals surface area contributed by atoms with Crippen molar-refractivity contribution in [2.45, 2.75) is 25.4 Å². The zero-order valence-electron chi connectivity index (χ0n) is 10.5. The highest BCUT2D eigenvalue weighted by molar-refractivity contribution is 5.34. The van der Waals surface area contributed by atoms with E-state index in [1.54, 1.807) is 12.4 Å². The van der Waals surface area contributed by atoms with Crippen molar-refractivity contribution in [2.24, 2.45) is 5.84 Å². The van der Waals surface area contributed by atoms with E-state index in [2.05, 4.69) is 33.6 Å². The van der Waals surface area contributed by atoms with Crippen molar-refractivity contribution in [1.82, 2.24) is 9.97 Å². The number of anilines is 1. The van der Waals surface area contributed by atoms with Crippen LogP contribution in [0.25, 0.3) is 0 Å². The van der Waals surface area contributed by atoms with E-state index >= 15 is 0 Å². The van der Waals surface area contributed by atoms with Gasteiger partial charge in [0, 0.05) is 0 Å². The van der Waals surface area contributed by atoms with Gasteiger partial charge >= 0.3 is 0 Å². The molecule has 0 saturated heterocycles. The Morgan fingerprint density at radius 1 is 1.26 bits per heavy atom. The predicted molar refractivity (Wildman–Crippen MR) is 72.6 cm³/mol. The van der Waals surface area contributed by atoms with Gasteiger partial charge in [-0.3, -0.25) is 4.98 Å². The average Bonchev–Trinajstić information content (AvgIpc) is 2.48. The highest BCUT2D eigenvalue weighted by Gasteiger charge is 2.21. The van der Waals surface area contributed by atoms with E-state index in [0.29, 0.717) is 11.7 Å². The maximum Gasteiger partial charge on any atom is 0.234 e. The van der Waals surface area contributed by atoms with Gasteiger partial charge in [-0.05, 0) is 30.4 Å². The summed E-state index contributed by atoms with van der Waals surface area (Å²) in [5.74, 6) is 6.32. The van der Waals surface area contributed by atoms with Crippen molar-refractivity contribution < 1.29 is 4.74 Å². The van der Waals surface area contributed by atoms with Crippen molar-refractivity contribution >= 4 is 5.82 Å². The first-order valence-corrected chi connectivity index (χ1v) is 6.40. The van der Waals surface area contributed by atoms with Crippen molar-refractivity contribution in [3.63, 3.8) is 0 Å². The maximum absolute atomic E-state index is 5.96. The highest BCUT2D eigenvalue weighted by Crippen LogP contribution is 2.32. The number of rotatable bonds is 3. The molecule has 98 valence electrons. The molecule has 0 fully saturated rings. The largest absolute Gasteiger partial charge is 0.468 e. The number of hydrogen-bond acceptors (Lipinski definition) is 5. The number of ether oxygens (including phenoxy) is 1. The van der Waals surface area contributed by atoms with Gasteiger partial charge in [-0.1, -0.05) is 24.3 Å². The Morgan fingerprint density at radius 2 is 2.16 bits per heavy atom. The second-order valence-electron chi connectivity index (χ2n) is 4.58. The molecule has 1 aliphatic rings. The van der Waals surface area contributed by atoms with Crippen LogP contribution in [0, 0.1) is 0 Å². The summed E-state index contributed by atoms with van der Waals surface area (Å²) in [7, 11) is 0. The first kappa shape index (κ1) is 11.9. The Kier molecular flexibility index (Phi) is 3.29. The third kappa shape index (κ3) is 2.51. The van der Waals surface area contributed by atoms with Gasteiger partial charge in [-0.15, -0.1) is 0 Å². The number of nitrogens with zero attached hydrogens (tertiary/aromatic N) is 2. The number of nitrogens with one attached hydrogen (secondary N) is 1. The fraction of sp³-hybridized carbons (Fsp3) is 0.286. The Labute approximate surface area is 111 Å². The van der Waals surface area contributed by atoms with Gasteiger partial charge in [-0.2, -0.15) is 4.98 Å². The molecule has 2 aromatic rings. The second-order valence-corrected chi connectivity index (χ2v) is 4.58. The molecule has 0 amide bonds. The zero-order valence-corrected chi connectivity index (χ0v) is 10.5. The molecule has 0 saturated carbocycles. The topological polar surface area (TPSA) is 73.1 Å². The summed E-state index contributed by atoms with van der Waals surface area (Å²) in [5.41, 5.74) is 5.08. The van der Waals surface area contributed by atoms with Gasteiger partial charge in [0.05, 0.1) is 12.4 Å². The zero-order chi connectivity index (χ0) is 13.1. The van der Waals surface area contributed by atoms with Gasteiger partial charge in [0.2, 0.25) is 5.88 Å². The number of benzene rings is 1. The van der Waals surface area contributed by atoms with E-state index < -0.39 is 0 Å². The predicted octanol–water partition coefficient (Wildman–Crippen LogP) is 2.22. The molecule has 1 aromatic carbocycles. The van der Waals surface area contributed by atoms with E-state index in [0.717, 1.165) is 19.3 Å². The Hall–Kier alpha value is -2.14. The van der Waals surface area contributed by atoms with E-state index in [-0.39, 0.29) is 6.10 Å². The molecule has 0 spiro atoms. The van der Waals surface area contributed by atoms with Crippen molar-refractivity contribution in [2.75, 3.05) is 5.43 Å². The second kappa shape index (κ2) is 5.24. The SMILES string of the molecule is NNc1cncc(OC2CCCc3ccccc32)n1. The molecular weight excluding hydrogens is 240 g/mol. The van der Waals surface area contributed by atoms with Crippen molar-refractivity contribution in [3.05, 3.63) is 47.8 Å². The minimum absolute atomic E-state index is 0.0484. The van der Waals surface area contributed by atoms with Crippen LogP contribution in [0.4, 0.5) is 5.82 Å². The molecule has 5 nitrogen and oxygen atoms in total. The number of hydrazine groups is 1. The average molecular weight is 256 g/mol. The van der Waals surface area contributed by atoms with Crippen LogP contribution in [-0.2, 0) is 6.42 Å². The Morgan fingerprint density at radius 3 is 3.05 bits per heavy atom. The van der Waals surface area contributed by atoms with E-state index in [9.17, 15) is 0 Å². The summed E-state index contributed by atoms with van der Waals surface area (Å²) in [5, 5.41) is 0. The monoisotopic (exact) mass is 256 g/mol. The molecule has 19 heavy (non-hydrogen) atoms. The maximum atomic E-state index is 5.96. The van der Waals surface area contributed by atoms with Gasteiger partial charge in [-0.25, -0.2) is 5.84 Å². The van der Waals surface area contributed by atoms with Crippen LogP contribution in [0.2, 0.25) is 0 Å². The van der Waals surface area contributed by atoms with Crippen molar-refractivity contribution in [3.8, 4) is 5.88 Å². The molecule has 1 heterocycles. The summed E-state index contributed by atoms with van der Waals surface area (Å²) in [6, 6.07) is 8.40. The van der Waals surface area contributed by atoms with Crippen LogP contribution in [0.5, 0.6) is 5.88 Å². The van der Waals surface area contributed by atoms with Gasteiger partial charge in [0.1, 0.15) is 6.10 Å². The molecule has 1 aliphatic carbocycles. The third-order valence-corrected chi connectivity index (χ3v) is 3.34. The quantitative estimate of drug-likeness (QED) is 0.650. The molecule has 1 unspecified atom stereocenters. The molecule has 1 aromatic heterocycles. The summed E-state index contributed by atoms with van der Waals surface area (Å²) in [4.78, 5) is 8.28. The molecule has 0 aliphatic heterocycles. The van der Waals surface area contributed by atoms with Crippen LogP contribution in [0.3, 0.4) is 0 Å². The lowest BCUT2D eigenvalue weighted by molar-refractivity contribution is 0.175. The summed E-state index contributed by atoms with van der Waals surface area (Å²) in [6.45, 7) is 0. The van der Waals surface area contributed by atoms with Crippen LogP contribution >= 0.6 is 0 Å². The molecule has 0 radical (unpaired) electrons. The van der Waals surface area contributed by atoms with Crippen LogP contribution in [0.1, 0.15) is 30.1 Å². The first-order valence-electron chi connectivity index (χ1n) is 6.40. The molecule has 0 bridgehead atoms.